The van der Waals surface area contributed by atoms with E-state index in [1.54, 1.807) is 6.20 Å². The summed E-state index contributed by atoms with van der Waals surface area (Å²) in [5.41, 5.74) is 1.01. The Balaban J connectivity index is 2.15. The summed E-state index contributed by atoms with van der Waals surface area (Å²) in [5.74, 6) is -0.155. The highest BCUT2D eigenvalue weighted by molar-refractivity contribution is 5.59. The molecule has 0 saturated heterocycles. The largest absolute Gasteiger partial charge is 0.390 e. The van der Waals surface area contributed by atoms with Crippen LogP contribution in [0.5, 0.6) is 0 Å². The zero-order valence-corrected chi connectivity index (χ0v) is 8.35. The maximum atomic E-state index is 10.4. The second-order valence-electron chi connectivity index (χ2n) is 3.14. The molecule has 0 aliphatic carbocycles. The number of aromatic nitrogens is 2. The van der Waals surface area contributed by atoms with E-state index in [2.05, 4.69) is 5.10 Å². The van der Waals surface area contributed by atoms with E-state index in [9.17, 15) is 10.1 Å². The number of nitro groups is 1. The quantitative estimate of drug-likeness (QED) is 0.583. The van der Waals surface area contributed by atoms with Gasteiger partial charge < -0.3 is 10.1 Å². The van der Waals surface area contributed by atoms with Gasteiger partial charge in [-0.05, 0) is 16.6 Å². The van der Waals surface area contributed by atoms with Gasteiger partial charge in [0, 0.05) is 0 Å². The Morgan fingerprint density at radius 3 is 2.62 bits per heavy atom. The number of nitrogens with zero attached hydrogens (tertiary/aromatic N) is 3. The summed E-state index contributed by atoms with van der Waals surface area (Å²) >= 11 is 0. The fourth-order valence-electron chi connectivity index (χ4n) is 1.23. The minimum absolute atomic E-state index is 0.155. The molecule has 1 heterocycles. The Labute approximate surface area is 91.8 Å². The highest BCUT2D eigenvalue weighted by atomic mass is 16.6. The first kappa shape index (κ1) is 10.1. The molecule has 0 saturated carbocycles. The van der Waals surface area contributed by atoms with Gasteiger partial charge in [0.2, 0.25) is 0 Å². The molecule has 80 valence electrons. The molecule has 16 heavy (non-hydrogen) atoms. The molecule has 1 aromatic heterocycles. The lowest BCUT2D eigenvalue weighted by atomic mass is 10.2. The van der Waals surface area contributed by atoms with E-state index in [4.69, 9.17) is 0 Å². The molecule has 0 radical (unpaired) electrons. The van der Waals surface area contributed by atoms with Gasteiger partial charge in [-0.2, -0.15) is 4.68 Å². The number of benzene rings is 1. The molecule has 0 spiro atoms. The summed E-state index contributed by atoms with van der Waals surface area (Å²) in [6, 6.07) is 11.0. The second-order valence-corrected chi connectivity index (χ2v) is 3.14. The average molecular weight is 215 g/mol. The van der Waals surface area contributed by atoms with E-state index in [-0.39, 0.29) is 5.82 Å². The third-order valence-electron chi connectivity index (χ3n) is 2.00. The van der Waals surface area contributed by atoms with Crippen LogP contribution in [0.2, 0.25) is 0 Å². The minimum Gasteiger partial charge on any atom is -0.358 e. The molecule has 0 aliphatic heterocycles. The van der Waals surface area contributed by atoms with Crippen molar-refractivity contribution in [3.05, 3.63) is 58.3 Å². The standard InChI is InChI=1S/C11H9N3O2/c15-14(16)11-7-9-13(12-11)8-6-10-4-2-1-3-5-10/h1-9H. The zero-order valence-electron chi connectivity index (χ0n) is 8.35. The van der Waals surface area contributed by atoms with E-state index < -0.39 is 4.92 Å². The van der Waals surface area contributed by atoms with Crippen molar-refractivity contribution >= 4 is 18.1 Å². The van der Waals surface area contributed by atoms with Crippen molar-refractivity contribution in [3.63, 3.8) is 0 Å². The summed E-state index contributed by atoms with van der Waals surface area (Å²) in [7, 11) is 0. The molecular formula is C11H9N3O2. The first-order valence-electron chi connectivity index (χ1n) is 4.68. The molecule has 0 unspecified atom stereocenters. The van der Waals surface area contributed by atoms with Gasteiger partial charge in [-0.1, -0.05) is 30.3 Å². The van der Waals surface area contributed by atoms with Gasteiger partial charge >= 0.3 is 5.82 Å². The molecule has 0 fully saturated rings. The van der Waals surface area contributed by atoms with Crippen LogP contribution < -0.4 is 0 Å². The van der Waals surface area contributed by atoms with Crippen molar-refractivity contribution in [3.8, 4) is 0 Å². The topological polar surface area (TPSA) is 61.0 Å². The molecule has 0 N–H and O–H groups in total. The van der Waals surface area contributed by atoms with Crippen LogP contribution in [0, 0.1) is 10.1 Å². The lowest BCUT2D eigenvalue weighted by molar-refractivity contribution is -0.389. The smallest absolute Gasteiger partial charge is 0.358 e. The molecule has 0 bridgehead atoms. The van der Waals surface area contributed by atoms with E-state index in [1.807, 2.05) is 36.4 Å². The molecule has 1 aromatic carbocycles. The second kappa shape index (κ2) is 4.39. The fraction of sp³-hybridized carbons (Fsp3) is 0. The summed E-state index contributed by atoms with van der Waals surface area (Å²) in [6.45, 7) is 0. The van der Waals surface area contributed by atoms with Crippen molar-refractivity contribution in [2.45, 2.75) is 0 Å². The predicted molar refractivity (Wildman–Crippen MR) is 60.5 cm³/mol. The van der Waals surface area contributed by atoms with Crippen molar-refractivity contribution in [1.29, 1.82) is 0 Å². The molecule has 0 amide bonds. The summed E-state index contributed by atoms with van der Waals surface area (Å²) in [5, 5.41) is 14.1. The van der Waals surface area contributed by atoms with Crippen LogP contribution in [0.4, 0.5) is 5.82 Å². The van der Waals surface area contributed by atoms with Crippen LogP contribution in [0.1, 0.15) is 5.56 Å². The summed E-state index contributed by atoms with van der Waals surface area (Å²) in [6.07, 6.45) is 5.04. The van der Waals surface area contributed by atoms with E-state index >= 15 is 0 Å². The van der Waals surface area contributed by atoms with Gasteiger partial charge in [0.25, 0.3) is 0 Å². The molecule has 0 atom stereocenters. The molecule has 2 aromatic rings. The van der Waals surface area contributed by atoms with Gasteiger partial charge in [-0.25, -0.2) is 0 Å². The van der Waals surface area contributed by atoms with Gasteiger partial charge in [-0.15, -0.1) is 0 Å². The van der Waals surface area contributed by atoms with Crippen LogP contribution in [-0.2, 0) is 0 Å². The normalized spacial score (nSPS) is 10.8. The highest BCUT2D eigenvalue weighted by Crippen LogP contribution is 2.07. The molecule has 5 heteroatoms. The van der Waals surface area contributed by atoms with Crippen molar-refractivity contribution in [2.24, 2.45) is 0 Å². The van der Waals surface area contributed by atoms with E-state index in [1.165, 1.54) is 16.9 Å². The minimum atomic E-state index is -0.521. The Hall–Kier alpha value is -2.43. The van der Waals surface area contributed by atoms with Crippen molar-refractivity contribution in [2.75, 3.05) is 0 Å². The molecule has 0 aliphatic rings. The Kier molecular flexibility index (Phi) is 2.77. The van der Waals surface area contributed by atoms with Gasteiger partial charge in [0.15, 0.2) is 0 Å². The third kappa shape index (κ3) is 2.33. The van der Waals surface area contributed by atoms with E-state index in [0.29, 0.717) is 0 Å². The van der Waals surface area contributed by atoms with Gasteiger partial charge in [-0.3, -0.25) is 0 Å². The van der Waals surface area contributed by atoms with E-state index in [0.717, 1.165) is 5.56 Å². The summed E-state index contributed by atoms with van der Waals surface area (Å²) < 4.78 is 1.41. The molecule has 5 nitrogen and oxygen atoms in total. The summed E-state index contributed by atoms with van der Waals surface area (Å²) in [4.78, 5) is 9.87. The Morgan fingerprint density at radius 2 is 2.00 bits per heavy atom. The lowest BCUT2D eigenvalue weighted by Gasteiger charge is -1.89. The molecule has 2 rings (SSSR count). The van der Waals surface area contributed by atoms with Crippen LogP contribution in [0.25, 0.3) is 12.3 Å². The SMILES string of the molecule is O=[N+]([O-])c1ccn(C=Cc2ccccc2)n1. The van der Waals surface area contributed by atoms with Gasteiger partial charge in [0.1, 0.15) is 0 Å². The predicted octanol–water partition coefficient (Wildman–Crippen LogP) is 2.42. The maximum Gasteiger partial charge on any atom is 0.390 e. The van der Waals surface area contributed by atoms with Crippen molar-refractivity contribution in [1.82, 2.24) is 9.78 Å². The molecular weight excluding hydrogens is 206 g/mol. The van der Waals surface area contributed by atoms with Crippen LogP contribution in [-0.4, -0.2) is 14.7 Å². The Morgan fingerprint density at radius 1 is 1.25 bits per heavy atom. The Bertz CT molecular complexity index is 517. The number of hydrogen-bond acceptors (Lipinski definition) is 3. The zero-order chi connectivity index (χ0) is 11.4. The first-order valence-corrected chi connectivity index (χ1v) is 4.68. The highest BCUT2D eigenvalue weighted by Gasteiger charge is 2.08. The van der Waals surface area contributed by atoms with Crippen LogP contribution in [0.15, 0.2) is 42.6 Å². The first-order chi connectivity index (χ1) is 7.75. The fourth-order valence-corrected chi connectivity index (χ4v) is 1.23. The van der Waals surface area contributed by atoms with Crippen molar-refractivity contribution < 1.29 is 4.92 Å². The van der Waals surface area contributed by atoms with Gasteiger partial charge in [0.05, 0.1) is 23.6 Å². The van der Waals surface area contributed by atoms with Crippen LogP contribution >= 0.6 is 0 Å². The third-order valence-corrected chi connectivity index (χ3v) is 2.00. The number of rotatable bonds is 3. The monoisotopic (exact) mass is 215 g/mol. The average Bonchev–Trinajstić information content (AvgIpc) is 2.76. The van der Waals surface area contributed by atoms with Crippen LogP contribution in [0.3, 0.4) is 0 Å². The lowest BCUT2D eigenvalue weighted by Crippen LogP contribution is -1.91. The maximum absolute atomic E-state index is 10.4. The number of hydrogen-bond donors (Lipinski definition) is 0.